The second kappa shape index (κ2) is 5.94. The zero-order chi connectivity index (χ0) is 16.6. The standard InChI is InChI=1S/C18H22N4O2/c1-14-4-5-15(22-9-3-8-19-22)12-16(14)20-17(23)21-10-11-24-18(13-21)6-2-7-18/h3-5,8-9,12H,2,6-7,10-11,13H2,1H3,(H,20,23). The average Bonchev–Trinajstić information content (AvgIpc) is 3.10. The molecule has 1 N–H and O–H groups in total. The zero-order valence-electron chi connectivity index (χ0n) is 13.9. The van der Waals surface area contributed by atoms with Gasteiger partial charge in [-0.15, -0.1) is 0 Å². The van der Waals surface area contributed by atoms with E-state index in [2.05, 4.69) is 10.4 Å². The molecule has 2 fully saturated rings. The molecule has 1 aliphatic carbocycles. The van der Waals surface area contributed by atoms with E-state index in [9.17, 15) is 4.79 Å². The summed E-state index contributed by atoms with van der Waals surface area (Å²) in [6.07, 6.45) is 6.94. The number of morpholine rings is 1. The van der Waals surface area contributed by atoms with E-state index in [1.165, 1.54) is 6.42 Å². The van der Waals surface area contributed by atoms with Crippen molar-refractivity contribution in [2.24, 2.45) is 0 Å². The van der Waals surface area contributed by atoms with Gasteiger partial charge in [-0.3, -0.25) is 0 Å². The highest BCUT2D eigenvalue weighted by Gasteiger charge is 2.43. The quantitative estimate of drug-likeness (QED) is 0.923. The minimum absolute atomic E-state index is 0.0507. The number of ether oxygens (including phenoxy) is 1. The third-order valence-corrected chi connectivity index (χ3v) is 5.03. The van der Waals surface area contributed by atoms with Gasteiger partial charge in [0.15, 0.2) is 0 Å². The van der Waals surface area contributed by atoms with E-state index < -0.39 is 0 Å². The van der Waals surface area contributed by atoms with Crippen molar-refractivity contribution in [1.29, 1.82) is 0 Å². The molecule has 0 radical (unpaired) electrons. The number of hydrogen-bond acceptors (Lipinski definition) is 3. The zero-order valence-corrected chi connectivity index (χ0v) is 13.9. The number of aromatic nitrogens is 2. The number of anilines is 1. The summed E-state index contributed by atoms with van der Waals surface area (Å²) in [5.74, 6) is 0. The summed E-state index contributed by atoms with van der Waals surface area (Å²) < 4.78 is 7.68. The number of carbonyl (C=O) groups excluding carboxylic acids is 1. The van der Waals surface area contributed by atoms with Gasteiger partial charge in [-0.05, 0) is 49.9 Å². The normalized spacial score (nSPS) is 19.1. The van der Waals surface area contributed by atoms with Crippen molar-refractivity contribution in [3.8, 4) is 5.69 Å². The van der Waals surface area contributed by atoms with Crippen molar-refractivity contribution >= 4 is 11.7 Å². The van der Waals surface area contributed by atoms with E-state index >= 15 is 0 Å². The van der Waals surface area contributed by atoms with Crippen LogP contribution in [0.3, 0.4) is 0 Å². The highest BCUT2D eigenvalue weighted by Crippen LogP contribution is 2.38. The molecular weight excluding hydrogens is 304 g/mol. The Balaban J connectivity index is 1.50. The number of nitrogens with zero attached hydrogens (tertiary/aromatic N) is 3. The van der Waals surface area contributed by atoms with Crippen molar-refractivity contribution in [3.63, 3.8) is 0 Å². The van der Waals surface area contributed by atoms with Gasteiger partial charge in [-0.2, -0.15) is 5.10 Å². The Morgan fingerprint density at radius 1 is 1.38 bits per heavy atom. The lowest BCUT2D eigenvalue weighted by Crippen LogP contribution is -2.57. The van der Waals surface area contributed by atoms with Gasteiger partial charge in [-0.25, -0.2) is 9.48 Å². The third-order valence-electron chi connectivity index (χ3n) is 5.03. The van der Waals surface area contributed by atoms with Crippen LogP contribution in [0.1, 0.15) is 24.8 Å². The highest BCUT2D eigenvalue weighted by molar-refractivity contribution is 5.90. The SMILES string of the molecule is Cc1ccc(-n2cccn2)cc1NC(=O)N1CCOC2(CCC2)C1. The lowest BCUT2D eigenvalue weighted by molar-refractivity contribution is -0.140. The molecule has 1 aromatic heterocycles. The number of nitrogens with one attached hydrogen (secondary N) is 1. The van der Waals surface area contributed by atoms with Crippen LogP contribution in [-0.4, -0.2) is 46.0 Å². The molecule has 6 heteroatoms. The van der Waals surface area contributed by atoms with Gasteiger partial charge in [0.05, 0.1) is 24.4 Å². The maximum Gasteiger partial charge on any atom is 0.322 e. The molecule has 2 heterocycles. The predicted octanol–water partition coefficient (Wildman–Crippen LogP) is 2.97. The van der Waals surface area contributed by atoms with E-state index in [1.54, 1.807) is 10.9 Å². The van der Waals surface area contributed by atoms with Gasteiger partial charge in [0, 0.05) is 24.6 Å². The molecule has 1 saturated carbocycles. The Labute approximate surface area is 141 Å². The Kier molecular flexibility index (Phi) is 3.76. The minimum atomic E-state index is -0.0818. The Bertz CT molecular complexity index is 737. The molecule has 0 bridgehead atoms. The van der Waals surface area contributed by atoms with Gasteiger partial charge in [0.2, 0.25) is 0 Å². The number of urea groups is 1. The van der Waals surface area contributed by atoms with Crippen LogP contribution in [0.25, 0.3) is 5.69 Å². The minimum Gasteiger partial charge on any atom is -0.371 e. The number of carbonyl (C=O) groups is 1. The lowest BCUT2D eigenvalue weighted by atomic mass is 9.79. The first-order valence-electron chi connectivity index (χ1n) is 8.46. The van der Waals surface area contributed by atoms with Crippen molar-refractivity contribution in [2.45, 2.75) is 31.8 Å². The molecule has 2 aromatic rings. The number of amides is 2. The summed E-state index contributed by atoms with van der Waals surface area (Å²) in [4.78, 5) is 14.6. The van der Waals surface area contributed by atoms with Crippen LogP contribution in [-0.2, 0) is 4.74 Å². The van der Waals surface area contributed by atoms with E-state index in [-0.39, 0.29) is 11.6 Å². The highest BCUT2D eigenvalue weighted by atomic mass is 16.5. The van der Waals surface area contributed by atoms with Crippen LogP contribution in [0.2, 0.25) is 0 Å². The molecule has 4 rings (SSSR count). The Morgan fingerprint density at radius 3 is 2.96 bits per heavy atom. The summed E-state index contributed by atoms with van der Waals surface area (Å²) in [7, 11) is 0. The monoisotopic (exact) mass is 326 g/mol. The Hall–Kier alpha value is -2.34. The first-order valence-corrected chi connectivity index (χ1v) is 8.46. The second-order valence-corrected chi connectivity index (χ2v) is 6.69. The molecule has 1 spiro atoms. The maximum absolute atomic E-state index is 12.7. The number of aryl methyl sites for hydroxylation is 1. The predicted molar refractivity (Wildman–Crippen MR) is 91.4 cm³/mol. The maximum atomic E-state index is 12.7. The topological polar surface area (TPSA) is 59.4 Å². The summed E-state index contributed by atoms with van der Waals surface area (Å²) in [5.41, 5.74) is 2.70. The molecule has 0 unspecified atom stereocenters. The molecule has 2 amide bonds. The van der Waals surface area contributed by atoms with Gasteiger partial charge < -0.3 is 15.0 Å². The molecule has 1 aliphatic heterocycles. The summed E-state index contributed by atoms with van der Waals surface area (Å²) in [5, 5.41) is 7.30. The van der Waals surface area contributed by atoms with E-state index in [1.807, 2.05) is 42.3 Å². The first-order chi connectivity index (χ1) is 11.7. The molecular formula is C18H22N4O2. The summed E-state index contributed by atoms with van der Waals surface area (Å²) in [6.45, 7) is 3.96. The van der Waals surface area contributed by atoms with Gasteiger partial charge in [-0.1, -0.05) is 6.07 Å². The summed E-state index contributed by atoms with van der Waals surface area (Å²) >= 11 is 0. The first kappa shape index (κ1) is 15.2. The van der Waals surface area contributed by atoms with E-state index in [0.717, 1.165) is 29.8 Å². The lowest BCUT2D eigenvalue weighted by Gasteiger charge is -2.48. The van der Waals surface area contributed by atoms with Crippen molar-refractivity contribution in [3.05, 3.63) is 42.2 Å². The van der Waals surface area contributed by atoms with Crippen LogP contribution >= 0.6 is 0 Å². The molecule has 2 aliphatic rings. The third kappa shape index (κ3) is 2.78. The molecule has 6 nitrogen and oxygen atoms in total. The van der Waals surface area contributed by atoms with Crippen LogP contribution < -0.4 is 5.32 Å². The largest absolute Gasteiger partial charge is 0.371 e. The second-order valence-electron chi connectivity index (χ2n) is 6.69. The van der Waals surface area contributed by atoms with E-state index in [4.69, 9.17) is 4.74 Å². The molecule has 126 valence electrons. The van der Waals surface area contributed by atoms with Crippen LogP contribution in [0.15, 0.2) is 36.7 Å². The summed E-state index contributed by atoms with van der Waals surface area (Å²) in [6, 6.07) is 7.78. The smallest absolute Gasteiger partial charge is 0.322 e. The van der Waals surface area contributed by atoms with Crippen molar-refractivity contribution in [2.75, 3.05) is 25.0 Å². The molecule has 0 atom stereocenters. The van der Waals surface area contributed by atoms with Gasteiger partial charge in [0.25, 0.3) is 0 Å². The van der Waals surface area contributed by atoms with E-state index in [0.29, 0.717) is 19.7 Å². The van der Waals surface area contributed by atoms with Gasteiger partial charge in [0.1, 0.15) is 0 Å². The molecule has 1 saturated heterocycles. The van der Waals surface area contributed by atoms with Crippen molar-refractivity contribution < 1.29 is 9.53 Å². The average molecular weight is 326 g/mol. The number of benzene rings is 1. The molecule has 24 heavy (non-hydrogen) atoms. The fourth-order valence-electron chi connectivity index (χ4n) is 3.39. The number of hydrogen-bond donors (Lipinski definition) is 1. The fraction of sp³-hybridized carbons (Fsp3) is 0.444. The van der Waals surface area contributed by atoms with Crippen LogP contribution in [0.4, 0.5) is 10.5 Å². The Morgan fingerprint density at radius 2 is 2.25 bits per heavy atom. The molecule has 1 aromatic carbocycles. The fourth-order valence-corrected chi connectivity index (χ4v) is 3.39. The van der Waals surface area contributed by atoms with Crippen LogP contribution in [0.5, 0.6) is 0 Å². The van der Waals surface area contributed by atoms with Crippen molar-refractivity contribution in [1.82, 2.24) is 14.7 Å². The van der Waals surface area contributed by atoms with Gasteiger partial charge >= 0.3 is 6.03 Å². The van der Waals surface area contributed by atoms with Crippen LogP contribution in [0, 0.1) is 6.92 Å². The number of rotatable bonds is 2.